The molecule has 0 aliphatic carbocycles. The van der Waals surface area contributed by atoms with Crippen LogP contribution in [-0.4, -0.2) is 61.4 Å². The standard InChI is InChI=1S/C23H24N4O8S2/c1-34-17-6-8-18(9-7-17)37(32,33)25-11-3-4-15(13-25)22(29)24-23-26(14-21(28)35-2)19-10-5-16(27(30)31)12-20(19)36-23/h5-10,12,15H,3-4,11,13-14H2,1-2H3. The van der Waals surface area contributed by atoms with Gasteiger partial charge >= 0.3 is 5.97 Å². The number of non-ortho nitro benzene ring substituents is 1. The molecule has 1 aliphatic heterocycles. The highest BCUT2D eigenvalue weighted by molar-refractivity contribution is 7.89. The molecule has 2 heterocycles. The summed E-state index contributed by atoms with van der Waals surface area (Å²) in [5.41, 5.74) is 0.350. The zero-order valence-electron chi connectivity index (χ0n) is 20.0. The number of piperidine rings is 1. The van der Waals surface area contributed by atoms with E-state index in [9.17, 15) is 28.1 Å². The zero-order chi connectivity index (χ0) is 26.7. The molecule has 1 atom stereocenters. The number of carbonyl (C=O) groups is 2. The summed E-state index contributed by atoms with van der Waals surface area (Å²) in [7, 11) is -1.12. The van der Waals surface area contributed by atoms with Crippen LogP contribution < -0.4 is 9.54 Å². The van der Waals surface area contributed by atoms with Gasteiger partial charge in [-0.1, -0.05) is 11.3 Å². The number of thiazole rings is 1. The number of amides is 1. The number of aromatic nitrogens is 1. The zero-order valence-corrected chi connectivity index (χ0v) is 21.7. The summed E-state index contributed by atoms with van der Waals surface area (Å²) >= 11 is 1.03. The molecule has 37 heavy (non-hydrogen) atoms. The summed E-state index contributed by atoms with van der Waals surface area (Å²) < 4.78 is 39.4. The maximum absolute atomic E-state index is 13.2. The molecule has 0 spiro atoms. The van der Waals surface area contributed by atoms with E-state index in [0.717, 1.165) is 11.3 Å². The molecule has 0 radical (unpaired) electrons. The normalized spacial score (nSPS) is 17.0. The smallest absolute Gasteiger partial charge is 0.325 e. The number of rotatable bonds is 7. The van der Waals surface area contributed by atoms with Gasteiger partial charge in [-0.2, -0.15) is 9.30 Å². The summed E-state index contributed by atoms with van der Waals surface area (Å²) in [6.45, 7) is -0.0137. The van der Waals surface area contributed by atoms with Gasteiger partial charge in [-0.05, 0) is 43.2 Å². The highest BCUT2D eigenvalue weighted by Gasteiger charge is 2.33. The molecule has 1 amide bonds. The number of nitro groups is 1. The molecule has 3 aromatic rings. The molecule has 0 bridgehead atoms. The average molecular weight is 549 g/mol. The van der Waals surface area contributed by atoms with Crippen molar-refractivity contribution in [2.24, 2.45) is 10.9 Å². The minimum atomic E-state index is -3.83. The van der Waals surface area contributed by atoms with Gasteiger partial charge in [-0.3, -0.25) is 19.7 Å². The topological polar surface area (TPSA) is 150 Å². The maximum Gasteiger partial charge on any atom is 0.325 e. The van der Waals surface area contributed by atoms with Gasteiger partial charge < -0.3 is 14.0 Å². The van der Waals surface area contributed by atoms with Gasteiger partial charge in [-0.15, -0.1) is 0 Å². The lowest BCUT2D eigenvalue weighted by Crippen LogP contribution is -2.42. The van der Waals surface area contributed by atoms with Gasteiger partial charge in [0.1, 0.15) is 12.3 Å². The van der Waals surface area contributed by atoms with Crippen LogP contribution in [-0.2, 0) is 30.9 Å². The second kappa shape index (κ2) is 10.8. The lowest BCUT2D eigenvalue weighted by atomic mass is 9.99. The summed E-state index contributed by atoms with van der Waals surface area (Å²) in [5, 5.41) is 11.2. The SMILES string of the molecule is COC(=O)Cn1c(=NC(=O)C2CCCN(S(=O)(=O)c3ccc(OC)cc3)C2)sc2cc([N+](=O)[O-])ccc21. The van der Waals surface area contributed by atoms with E-state index in [1.165, 1.54) is 53.4 Å². The first-order valence-corrected chi connectivity index (χ1v) is 13.5. The lowest BCUT2D eigenvalue weighted by Gasteiger charge is -2.30. The molecule has 1 aromatic heterocycles. The molecule has 4 rings (SSSR count). The first-order valence-electron chi connectivity index (χ1n) is 11.2. The first kappa shape index (κ1) is 26.4. The molecule has 14 heteroatoms. The predicted octanol–water partition coefficient (Wildman–Crippen LogP) is 2.32. The van der Waals surface area contributed by atoms with E-state index in [1.54, 1.807) is 12.1 Å². The molecule has 1 unspecified atom stereocenters. The van der Waals surface area contributed by atoms with Crippen molar-refractivity contribution in [3.63, 3.8) is 0 Å². The molecule has 12 nitrogen and oxygen atoms in total. The second-order valence-electron chi connectivity index (χ2n) is 8.28. The minimum Gasteiger partial charge on any atom is -0.497 e. The number of methoxy groups -OCH3 is 2. The van der Waals surface area contributed by atoms with E-state index < -0.39 is 32.7 Å². The Hall–Kier alpha value is -3.62. The number of hydrogen-bond acceptors (Lipinski definition) is 9. The van der Waals surface area contributed by atoms with Crippen LogP contribution in [0.5, 0.6) is 5.75 Å². The number of sulfonamides is 1. The van der Waals surface area contributed by atoms with Gasteiger partial charge in [0.05, 0.1) is 40.2 Å². The molecule has 2 aromatic carbocycles. The van der Waals surface area contributed by atoms with Crippen LogP contribution in [0.25, 0.3) is 10.2 Å². The number of ether oxygens (including phenoxy) is 2. The number of nitrogens with zero attached hydrogens (tertiary/aromatic N) is 4. The van der Waals surface area contributed by atoms with Crippen LogP contribution in [0.15, 0.2) is 52.4 Å². The van der Waals surface area contributed by atoms with Crippen molar-refractivity contribution in [3.8, 4) is 5.75 Å². The Morgan fingerprint density at radius 2 is 1.92 bits per heavy atom. The molecule has 0 N–H and O–H groups in total. The molecule has 1 fully saturated rings. The Balaban J connectivity index is 1.65. The largest absolute Gasteiger partial charge is 0.497 e. The van der Waals surface area contributed by atoms with Crippen molar-refractivity contribution in [2.45, 2.75) is 24.3 Å². The van der Waals surface area contributed by atoms with Crippen LogP contribution in [0.4, 0.5) is 5.69 Å². The number of fused-ring (bicyclic) bond motifs is 1. The maximum atomic E-state index is 13.2. The Morgan fingerprint density at radius 1 is 1.19 bits per heavy atom. The van der Waals surface area contributed by atoms with Gasteiger partial charge in [0.15, 0.2) is 4.80 Å². The summed E-state index contributed by atoms with van der Waals surface area (Å²) in [6, 6.07) is 10.2. The predicted molar refractivity (Wildman–Crippen MR) is 134 cm³/mol. The Labute approximate surface area is 216 Å². The Morgan fingerprint density at radius 3 is 2.57 bits per heavy atom. The van der Waals surface area contributed by atoms with Gasteiger partial charge in [-0.25, -0.2) is 8.42 Å². The van der Waals surface area contributed by atoms with Gasteiger partial charge in [0.2, 0.25) is 10.0 Å². The molecule has 1 saturated heterocycles. The minimum absolute atomic E-state index is 0.0376. The van der Waals surface area contributed by atoms with Gasteiger partial charge in [0, 0.05) is 25.2 Å². The third kappa shape index (κ3) is 5.55. The van der Waals surface area contributed by atoms with Crippen molar-refractivity contribution in [1.82, 2.24) is 8.87 Å². The van der Waals surface area contributed by atoms with E-state index in [-0.39, 0.29) is 35.0 Å². The highest BCUT2D eigenvalue weighted by atomic mass is 32.2. The number of nitro benzene ring substituents is 1. The summed E-state index contributed by atoms with van der Waals surface area (Å²) in [6.07, 6.45) is 0.923. The Kier molecular flexibility index (Phi) is 7.71. The highest BCUT2D eigenvalue weighted by Crippen LogP contribution is 2.27. The number of carbonyl (C=O) groups excluding carboxylic acids is 2. The van der Waals surface area contributed by atoms with Crippen LogP contribution in [0, 0.1) is 16.0 Å². The van der Waals surface area contributed by atoms with Crippen LogP contribution >= 0.6 is 11.3 Å². The summed E-state index contributed by atoms with van der Waals surface area (Å²) in [5.74, 6) is -1.28. The monoisotopic (exact) mass is 548 g/mol. The van der Waals surface area contributed by atoms with E-state index in [1.807, 2.05) is 0 Å². The third-order valence-electron chi connectivity index (χ3n) is 6.03. The number of benzene rings is 2. The van der Waals surface area contributed by atoms with Crippen molar-refractivity contribution >= 4 is 49.1 Å². The molecular weight excluding hydrogens is 524 g/mol. The molecule has 1 aliphatic rings. The van der Waals surface area contributed by atoms with Crippen LogP contribution in [0.3, 0.4) is 0 Å². The number of esters is 1. The number of hydrogen-bond donors (Lipinski definition) is 0. The fourth-order valence-corrected chi connectivity index (χ4v) is 6.64. The van der Waals surface area contributed by atoms with E-state index in [4.69, 9.17) is 9.47 Å². The fourth-order valence-electron chi connectivity index (χ4n) is 4.05. The lowest BCUT2D eigenvalue weighted by molar-refractivity contribution is -0.384. The van der Waals surface area contributed by atoms with Crippen molar-refractivity contribution in [1.29, 1.82) is 0 Å². The van der Waals surface area contributed by atoms with E-state index >= 15 is 0 Å². The van der Waals surface area contributed by atoms with E-state index in [2.05, 4.69) is 4.99 Å². The Bertz CT molecular complexity index is 1530. The van der Waals surface area contributed by atoms with Crippen LogP contribution in [0.2, 0.25) is 0 Å². The molecule has 0 saturated carbocycles. The first-order chi connectivity index (χ1) is 17.6. The molecule has 196 valence electrons. The van der Waals surface area contributed by atoms with Gasteiger partial charge in [0.25, 0.3) is 11.6 Å². The van der Waals surface area contributed by atoms with Crippen LogP contribution in [0.1, 0.15) is 12.8 Å². The average Bonchev–Trinajstić information content (AvgIpc) is 3.24. The van der Waals surface area contributed by atoms with Crippen molar-refractivity contribution in [2.75, 3.05) is 27.3 Å². The quantitative estimate of drug-likeness (QED) is 0.248. The third-order valence-corrected chi connectivity index (χ3v) is 8.95. The van der Waals surface area contributed by atoms with Crippen molar-refractivity contribution < 1.29 is 32.4 Å². The fraction of sp³-hybridized carbons (Fsp3) is 0.348. The second-order valence-corrected chi connectivity index (χ2v) is 11.2. The van der Waals surface area contributed by atoms with E-state index in [0.29, 0.717) is 28.8 Å². The molecular formula is C23H24N4O8S2. The summed E-state index contributed by atoms with van der Waals surface area (Å²) in [4.78, 5) is 40.3. The van der Waals surface area contributed by atoms with Crippen molar-refractivity contribution in [3.05, 3.63) is 57.4 Å².